The Labute approximate surface area is 105 Å². The van der Waals surface area contributed by atoms with E-state index >= 15 is 0 Å². The Morgan fingerprint density at radius 3 is 2.29 bits per heavy atom. The first-order valence-corrected chi connectivity index (χ1v) is 5.58. The van der Waals surface area contributed by atoms with Crippen molar-refractivity contribution in [2.75, 3.05) is 6.61 Å². The number of rotatable bonds is 7. The maximum absolute atomic E-state index is 5.53. The van der Waals surface area contributed by atoms with E-state index in [-0.39, 0.29) is 0 Å². The first-order valence-electron chi connectivity index (χ1n) is 5.58. The monoisotopic (exact) mass is 230 g/mol. The topological polar surface area (TPSA) is 9.23 Å². The lowest BCUT2D eigenvalue weighted by molar-refractivity contribution is 0.244. The molecule has 0 rings (SSSR count). The molecule has 0 radical (unpaired) electrons. The van der Waals surface area contributed by atoms with Crippen LogP contribution in [0.3, 0.4) is 0 Å². The zero-order valence-corrected chi connectivity index (χ0v) is 11.1. The van der Waals surface area contributed by atoms with Gasteiger partial charge in [-0.25, -0.2) is 0 Å². The van der Waals surface area contributed by atoms with Gasteiger partial charge in [-0.15, -0.1) is 0 Å². The van der Waals surface area contributed by atoms with Gasteiger partial charge in [-0.3, -0.25) is 0 Å². The second-order valence-electron chi connectivity index (χ2n) is 3.95. The molecule has 0 unspecified atom stereocenters. The number of allylic oxidation sites excluding steroid dienone is 7. The van der Waals surface area contributed by atoms with Crippen LogP contribution in [0.4, 0.5) is 0 Å². The molecule has 0 aliphatic rings. The van der Waals surface area contributed by atoms with Crippen LogP contribution < -0.4 is 0 Å². The average Bonchev–Trinajstić information content (AvgIpc) is 2.30. The maximum atomic E-state index is 5.53. The fraction of sp³-hybridized carbons (Fsp3) is 0.250. The van der Waals surface area contributed by atoms with Crippen LogP contribution in [0.5, 0.6) is 0 Å². The molecule has 1 heteroatoms. The summed E-state index contributed by atoms with van der Waals surface area (Å²) >= 11 is 0. The zero-order valence-electron chi connectivity index (χ0n) is 11.1. The van der Waals surface area contributed by atoms with Crippen LogP contribution in [0.15, 0.2) is 72.6 Å². The van der Waals surface area contributed by atoms with Gasteiger partial charge in [-0.1, -0.05) is 49.6 Å². The molecule has 0 atom stereocenters. The molecule has 17 heavy (non-hydrogen) atoms. The van der Waals surface area contributed by atoms with Crippen molar-refractivity contribution in [3.05, 3.63) is 72.6 Å². The molecule has 0 saturated carbocycles. The van der Waals surface area contributed by atoms with Crippen LogP contribution in [0, 0.1) is 0 Å². The van der Waals surface area contributed by atoms with Gasteiger partial charge >= 0.3 is 0 Å². The molecule has 0 aromatic rings. The minimum atomic E-state index is 0.493. The predicted octanol–water partition coefficient (Wildman–Crippen LogP) is 4.73. The van der Waals surface area contributed by atoms with Crippen molar-refractivity contribution in [2.45, 2.75) is 20.8 Å². The molecule has 0 aliphatic carbocycles. The smallest absolute Gasteiger partial charge is 0.112 e. The molecule has 0 heterocycles. The molecular formula is C16H22O. The third-order valence-corrected chi connectivity index (χ3v) is 2.19. The molecule has 0 bridgehead atoms. The van der Waals surface area contributed by atoms with Gasteiger partial charge in [0.25, 0.3) is 0 Å². The number of hydrogen-bond acceptors (Lipinski definition) is 1. The second-order valence-corrected chi connectivity index (χ2v) is 3.95. The van der Waals surface area contributed by atoms with E-state index in [4.69, 9.17) is 4.74 Å². The quantitative estimate of drug-likeness (QED) is 0.454. The molecule has 0 aromatic heterocycles. The third-order valence-electron chi connectivity index (χ3n) is 2.19. The van der Waals surface area contributed by atoms with E-state index in [1.807, 2.05) is 45.1 Å². The lowest BCUT2D eigenvalue weighted by atomic mass is 10.1. The first-order chi connectivity index (χ1) is 7.97. The van der Waals surface area contributed by atoms with Gasteiger partial charge < -0.3 is 4.74 Å². The average molecular weight is 230 g/mol. The molecule has 0 spiro atoms. The van der Waals surface area contributed by atoms with Gasteiger partial charge in [0.05, 0.1) is 5.76 Å². The van der Waals surface area contributed by atoms with Gasteiger partial charge in [0.15, 0.2) is 0 Å². The van der Waals surface area contributed by atoms with E-state index < -0.39 is 0 Å². The van der Waals surface area contributed by atoms with E-state index in [9.17, 15) is 0 Å². The fourth-order valence-electron chi connectivity index (χ4n) is 0.891. The van der Waals surface area contributed by atoms with E-state index in [1.165, 1.54) is 0 Å². The summed E-state index contributed by atoms with van der Waals surface area (Å²) in [7, 11) is 0. The molecule has 1 nitrogen and oxygen atoms in total. The summed E-state index contributed by atoms with van der Waals surface area (Å²) in [4.78, 5) is 0. The van der Waals surface area contributed by atoms with Crippen LogP contribution in [-0.4, -0.2) is 6.61 Å². The van der Waals surface area contributed by atoms with Gasteiger partial charge in [-0.05, 0) is 38.0 Å². The van der Waals surface area contributed by atoms with Crippen molar-refractivity contribution < 1.29 is 4.74 Å². The SMILES string of the molecule is C=C/C=C\C(=C)CO/C(C)=C/C=C(\C)C(=C)C. The minimum absolute atomic E-state index is 0.493. The largest absolute Gasteiger partial charge is 0.494 e. The molecular weight excluding hydrogens is 208 g/mol. The summed E-state index contributed by atoms with van der Waals surface area (Å²) in [6.07, 6.45) is 9.38. The van der Waals surface area contributed by atoms with Crippen LogP contribution in [0.2, 0.25) is 0 Å². The van der Waals surface area contributed by atoms with Crippen molar-refractivity contribution in [3.63, 3.8) is 0 Å². The minimum Gasteiger partial charge on any atom is -0.494 e. The van der Waals surface area contributed by atoms with Gasteiger partial charge in [0.1, 0.15) is 6.61 Å². The van der Waals surface area contributed by atoms with E-state index in [0.29, 0.717) is 6.61 Å². The lowest BCUT2D eigenvalue weighted by Crippen LogP contribution is -1.93. The summed E-state index contributed by atoms with van der Waals surface area (Å²) in [5.74, 6) is 0.860. The molecule has 0 saturated heterocycles. The predicted molar refractivity (Wildman–Crippen MR) is 76.8 cm³/mol. The summed E-state index contributed by atoms with van der Waals surface area (Å²) in [6, 6.07) is 0. The Hall–Kier alpha value is -1.76. The van der Waals surface area contributed by atoms with Gasteiger partial charge in [0, 0.05) is 0 Å². The Balaban J connectivity index is 4.23. The highest BCUT2D eigenvalue weighted by Gasteiger charge is 1.92. The molecule has 0 aliphatic heterocycles. The van der Waals surface area contributed by atoms with Crippen molar-refractivity contribution in [2.24, 2.45) is 0 Å². The normalized spacial score (nSPS) is 12.6. The molecule has 0 fully saturated rings. The number of hydrogen-bond donors (Lipinski definition) is 0. The lowest BCUT2D eigenvalue weighted by Gasteiger charge is -2.05. The van der Waals surface area contributed by atoms with Crippen LogP contribution in [-0.2, 0) is 4.74 Å². The zero-order chi connectivity index (χ0) is 13.3. The van der Waals surface area contributed by atoms with Crippen molar-refractivity contribution in [3.8, 4) is 0 Å². The molecule has 0 amide bonds. The summed E-state index contributed by atoms with van der Waals surface area (Å²) in [5.41, 5.74) is 3.13. The van der Waals surface area contributed by atoms with E-state index in [2.05, 4.69) is 19.7 Å². The summed E-state index contributed by atoms with van der Waals surface area (Å²) < 4.78 is 5.53. The standard InChI is InChI=1S/C16H22O/c1-7-8-9-14(4)12-17-16(6)11-10-15(5)13(2)3/h7-11H,1-2,4,12H2,3,5-6H3/b9-8-,15-10+,16-11+. The molecule has 92 valence electrons. The highest BCUT2D eigenvalue weighted by Crippen LogP contribution is 2.07. The highest BCUT2D eigenvalue weighted by atomic mass is 16.5. The second kappa shape index (κ2) is 8.40. The Morgan fingerprint density at radius 2 is 1.76 bits per heavy atom. The summed E-state index contributed by atoms with van der Waals surface area (Å²) in [5, 5.41) is 0. The van der Waals surface area contributed by atoms with Crippen LogP contribution in [0.25, 0.3) is 0 Å². The van der Waals surface area contributed by atoms with Crippen LogP contribution in [0.1, 0.15) is 20.8 Å². The molecule has 0 N–H and O–H groups in total. The summed E-state index contributed by atoms with van der Waals surface area (Å²) in [6.45, 7) is 17.8. The highest BCUT2D eigenvalue weighted by molar-refractivity contribution is 5.28. The Kier molecular flexibility index (Phi) is 7.53. The first kappa shape index (κ1) is 15.2. The Bertz CT molecular complexity index is 378. The van der Waals surface area contributed by atoms with Gasteiger partial charge in [0.2, 0.25) is 0 Å². The Morgan fingerprint density at radius 1 is 1.12 bits per heavy atom. The van der Waals surface area contributed by atoms with Gasteiger partial charge in [-0.2, -0.15) is 0 Å². The molecule has 0 aromatic carbocycles. The van der Waals surface area contributed by atoms with E-state index in [1.54, 1.807) is 6.08 Å². The third kappa shape index (κ3) is 8.09. The number of ether oxygens (including phenoxy) is 1. The van der Waals surface area contributed by atoms with Crippen LogP contribution >= 0.6 is 0 Å². The maximum Gasteiger partial charge on any atom is 0.112 e. The van der Waals surface area contributed by atoms with E-state index in [0.717, 1.165) is 22.5 Å². The van der Waals surface area contributed by atoms with Crippen molar-refractivity contribution >= 4 is 0 Å². The van der Waals surface area contributed by atoms with Crippen molar-refractivity contribution in [1.29, 1.82) is 0 Å². The fourth-order valence-corrected chi connectivity index (χ4v) is 0.891. The van der Waals surface area contributed by atoms with Crippen molar-refractivity contribution in [1.82, 2.24) is 0 Å².